The molecule has 0 unspecified atom stereocenters. The molecule has 5 nitrogen and oxygen atoms in total. The molecule has 27 heavy (non-hydrogen) atoms. The van der Waals surface area contributed by atoms with Crippen LogP contribution in [0.25, 0.3) is 11.1 Å². The van der Waals surface area contributed by atoms with E-state index in [4.69, 9.17) is 9.47 Å². The van der Waals surface area contributed by atoms with Gasteiger partial charge in [-0.25, -0.2) is 4.79 Å². The van der Waals surface area contributed by atoms with Crippen molar-refractivity contribution in [3.8, 4) is 16.9 Å². The van der Waals surface area contributed by atoms with E-state index in [9.17, 15) is 4.79 Å². The quantitative estimate of drug-likeness (QED) is 0.868. The molecular formula is C22H26N2O3. The van der Waals surface area contributed by atoms with Crippen molar-refractivity contribution >= 4 is 11.7 Å². The summed E-state index contributed by atoms with van der Waals surface area (Å²) in [4.78, 5) is 14.8. The largest absolute Gasteiger partial charge is 0.497 e. The van der Waals surface area contributed by atoms with Crippen molar-refractivity contribution in [1.29, 1.82) is 0 Å². The van der Waals surface area contributed by atoms with E-state index >= 15 is 0 Å². The summed E-state index contributed by atoms with van der Waals surface area (Å²) in [6.45, 7) is 1.93. The second-order valence-corrected chi connectivity index (χ2v) is 7.37. The van der Waals surface area contributed by atoms with Gasteiger partial charge in [-0.3, -0.25) is 0 Å². The molecular weight excluding hydrogens is 340 g/mol. The molecule has 1 N–H and O–H groups in total. The van der Waals surface area contributed by atoms with Gasteiger partial charge in [0.25, 0.3) is 0 Å². The smallest absolute Gasteiger partial charge is 0.322 e. The number of anilines is 1. The van der Waals surface area contributed by atoms with E-state index in [2.05, 4.69) is 5.32 Å². The van der Waals surface area contributed by atoms with Crippen LogP contribution in [0.2, 0.25) is 0 Å². The summed E-state index contributed by atoms with van der Waals surface area (Å²) in [5.41, 5.74) is 2.68. The highest BCUT2D eigenvalue weighted by atomic mass is 16.5. The first-order chi connectivity index (χ1) is 13.2. The average Bonchev–Trinajstić information content (AvgIpc) is 3.16. The van der Waals surface area contributed by atoms with Crippen LogP contribution in [0.15, 0.2) is 48.5 Å². The van der Waals surface area contributed by atoms with Crippen LogP contribution in [0.4, 0.5) is 10.5 Å². The van der Waals surface area contributed by atoms with E-state index in [-0.39, 0.29) is 11.6 Å². The van der Waals surface area contributed by atoms with Crippen LogP contribution in [-0.2, 0) is 4.74 Å². The van der Waals surface area contributed by atoms with Crippen molar-refractivity contribution in [3.63, 3.8) is 0 Å². The van der Waals surface area contributed by atoms with E-state index in [0.717, 1.165) is 35.4 Å². The lowest BCUT2D eigenvalue weighted by Gasteiger charge is -2.40. The third-order valence-electron chi connectivity index (χ3n) is 5.60. The van der Waals surface area contributed by atoms with Gasteiger partial charge in [0.15, 0.2) is 0 Å². The number of amides is 2. The summed E-state index contributed by atoms with van der Waals surface area (Å²) >= 11 is 0. The fourth-order valence-corrected chi connectivity index (χ4v) is 4.17. The number of benzene rings is 2. The summed E-state index contributed by atoms with van der Waals surface area (Å²) in [5.74, 6) is 0.796. The average molecular weight is 366 g/mol. The van der Waals surface area contributed by atoms with Crippen molar-refractivity contribution in [2.75, 3.05) is 32.1 Å². The Morgan fingerprint density at radius 3 is 2.78 bits per heavy atom. The minimum atomic E-state index is -0.123. The number of para-hydroxylation sites is 1. The molecule has 5 heteroatoms. The Morgan fingerprint density at radius 2 is 1.96 bits per heavy atom. The molecule has 4 rings (SSSR count). The number of hydrogen-bond acceptors (Lipinski definition) is 3. The lowest BCUT2D eigenvalue weighted by Crippen LogP contribution is -2.53. The molecule has 0 aromatic heterocycles. The predicted molar refractivity (Wildman–Crippen MR) is 106 cm³/mol. The van der Waals surface area contributed by atoms with Crippen LogP contribution in [-0.4, -0.2) is 43.3 Å². The molecule has 142 valence electrons. The summed E-state index contributed by atoms with van der Waals surface area (Å²) in [5, 5.41) is 3.11. The van der Waals surface area contributed by atoms with Gasteiger partial charge in [-0.15, -0.1) is 0 Å². The van der Waals surface area contributed by atoms with Crippen molar-refractivity contribution in [2.45, 2.75) is 31.3 Å². The molecule has 2 aliphatic rings. The number of methoxy groups -OCH3 is 1. The van der Waals surface area contributed by atoms with Gasteiger partial charge in [0, 0.05) is 12.1 Å². The topological polar surface area (TPSA) is 50.8 Å². The molecule has 2 fully saturated rings. The molecule has 0 bridgehead atoms. The first kappa shape index (κ1) is 17.9. The highest BCUT2D eigenvalue weighted by molar-refractivity contribution is 5.94. The molecule has 1 spiro atoms. The van der Waals surface area contributed by atoms with Gasteiger partial charge in [-0.2, -0.15) is 0 Å². The molecule has 1 saturated carbocycles. The van der Waals surface area contributed by atoms with Crippen molar-refractivity contribution in [3.05, 3.63) is 48.5 Å². The minimum Gasteiger partial charge on any atom is -0.497 e. The Bertz CT molecular complexity index is 815. The highest BCUT2D eigenvalue weighted by Crippen LogP contribution is 2.36. The fraction of sp³-hybridized carbons (Fsp3) is 0.409. The number of urea groups is 1. The van der Waals surface area contributed by atoms with Gasteiger partial charge in [-0.05, 0) is 36.6 Å². The number of nitrogens with one attached hydrogen (secondary N) is 1. The molecule has 1 heterocycles. The Balaban J connectivity index is 1.53. The molecule has 2 aromatic rings. The van der Waals surface area contributed by atoms with E-state index in [1.807, 2.05) is 53.4 Å². The molecule has 1 saturated heterocycles. The van der Waals surface area contributed by atoms with Crippen molar-refractivity contribution < 1.29 is 14.3 Å². The predicted octanol–water partition coefficient (Wildman–Crippen LogP) is 4.54. The summed E-state index contributed by atoms with van der Waals surface area (Å²) in [6, 6.07) is 15.7. The number of hydrogen-bond donors (Lipinski definition) is 1. The molecule has 1 aliphatic carbocycles. The maximum atomic E-state index is 12.9. The van der Waals surface area contributed by atoms with Gasteiger partial charge in [0.1, 0.15) is 5.75 Å². The van der Waals surface area contributed by atoms with Gasteiger partial charge < -0.3 is 19.7 Å². The second kappa shape index (κ2) is 7.61. The normalized spacial score (nSPS) is 18.5. The first-order valence-electron chi connectivity index (χ1n) is 9.62. The van der Waals surface area contributed by atoms with E-state index < -0.39 is 0 Å². The molecule has 0 atom stereocenters. The summed E-state index contributed by atoms with van der Waals surface area (Å²) < 4.78 is 11.4. The Kier molecular flexibility index (Phi) is 5.03. The number of nitrogens with zero attached hydrogens (tertiary/aromatic N) is 1. The monoisotopic (exact) mass is 366 g/mol. The van der Waals surface area contributed by atoms with Gasteiger partial charge in [-0.1, -0.05) is 43.2 Å². The van der Waals surface area contributed by atoms with Crippen LogP contribution in [0.5, 0.6) is 5.75 Å². The molecule has 2 amide bonds. The fourth-order valence-electron chi connectivity index (χ4n) is 4.17. The van der Waals surface area contributed by atoms with Crippen LogP contribution >= 0.6 is 0 Å². The zero-order chi connectivity index (χ0) is 18.7. The molecule has 1 aliphatic heterocycles. The number of carbonyl (C=O) groups excluding carboxylic acids is 1. The van der Waals surface area contributed by atoms with Gasteiger partial charge in [0.05, 0.1) is 31.5 Å². The Hall–Kier alpha value is -2.53. The zero-order valence-electron chi connectivity index (χ0n) is 15.7. The number of carbonyl (C=O) groups is 1. The van der Waals surface area contributed by atoms with Crippen LogP contribution in [0, 0.1) is 0 Å². The third-order valence-corrected chi connectivity index (χ3v) is 5.60. The highest BCUT2D eigenvalue weighted by Gasteiger charge is 2.40. The second-order valence-electron chi connectivity index (χ2n) is 7.37. The lowest BCUT2D eigenvalue weighted by molar-refractivity contribution is -0.0914. The Morgan fingerprint density at radius 1 is 1.15 bits per heavy atom. The van der Waals surface area contributed by atoms with Crippen molar-refractivity contribution in [2.24, 2.45) is 0 Å². The number of ether oxygens (including phenoxy) is 2. The summed E-state index contributed by atoms with van der Waals surface area (Å²) in [6.07, 6.45) is 4.48. The SMILES string of the molecule is COc1cccc(-c2ccccc2NC(=O)N2CCOC3(CCCC3)C2)c1. The van der Waals surface area contributed by atoms with Crippen molar-refractivity contribution in [1.82, 2.24) is 4.90 Å². The maximum Gasteiger partial charge on any atom is 0.322 e. The first-order valence-corrected chi connectivity index (χ1v) is 9.62. The standard InChI is InChI=1S/C22H26N2O3/c1-26-18-8-6-7-17(15-18)19-9-2-3-10-20(19)23-21(25)24-13-14-27-22(16-24)11-4-5-12-22/h2-3,6-10,15H,4-5,11-14,16H2,1H3,(H,23,25). The van der Waals surface area contributed by atoms with E-state index in [1.165, 1.54) is 12.8 Å². The maximum absolute atomic E-state index is 12.9. The zero-order valence-corrected chi connectivity index (χ0v) is 15.7. The van der Waals surface area contributed by atoms with E-state index in [0.29, 0.717) is 19.7 Å². The number of morpholine rings is 1. The van der Waals surface area contributed by atoms with E-state index in [1.54, 1.807) is 7.11 Å². The summed E-state index contributed by atoms with van der Waals surface area (Å²) in [7, 11) is 1.66. The van der Waals surface area contributed by atoms with Crippen LogP contribution in [0.3, 0.4) is 0 Å². The van der Waals surface area contributed by atoms with Gasteiger partial charge in [0.2, 0.25) is 0 Å². The molecule has 2 aromatic carbocycles. The third kappa shape index (κ3) is 3.78. The lowest BCUT2D eigenvalue weighted by atomic mass is 10.00. The minimum absolute atomic E-state index is 0.0556. The Labute approximate surface area is 160 Å². The van der Waals surface area contributed by atoms with Gasteiger partial charge >= 0.3 is 6.03 Å². The van der Waals surface area contributed by atoms with Crippen LogP contribution < -0.4 is 10.1 Å². The van der Waals surface area contributed by atoms with Crippen LogP contribution in [0.1, 0.15) is 25.7 Å². The molecule has 0 radical (unpaired) electrons. The number of rotatable bonds is 3.